The highest BCUT2D eigenvalue weighted by Gasteiger charge is 2.62. The first kappa shape index (κ1) is 23.9. The molecule has 1 atom stereocenters. The predicted octanol–water partition coefficient (Wildman–Crippen LogP) is 6.20. The number of rotatable bonds is 5. The van der Waals surface area contributed by atoms with E-state index in [1.807, 2.05) is 0 Å². The number of nitrogens with zero attached hydrogens (tertiary/aromatic N) is 1. The number of carbonyl (C=O) groups excluding carboxylic acids is 1. The summed E-state index contributed by atoms with van der Waals surface area (Å²) in [7, 11) is 0. The fourth-order valence-corrected chi connectivity index (χ4v) is 4.41. The lowest BCUT2D eigenvalue weighted by molar-refractivity contribution is -0.275. The molecule has 3 N–H and O–H groups in total. The SMILES string of the molecule is NC(=O)C1(Cc2cc(NC3=NOC(c4cc(Cl)c(F)c(Cl)c4)(C(F)(F)F)C3)ccc2Cl)CC1. The zero-order chi connectivity index (χ0) is 24.2. The van der Waals surface area contributed by atoms with E-state index in [0.717, 1.165) is 12.1 Å². The topological polar surface area (TPSA) is 76.7 Å². The highest BCUT2D eigenvalue weighted by Crippen LogP contribution is 2.50. The number of amides is 1. The summed E-state index contributed by atoms with van der Waals surface area (Å²) in [6.45, 7) is 0. The van der Waals surface area contributed by atoms with Gasteiger partial charge in [0.05, 0.1) is 21.9 Å². The van der Waals surface area contributed by atoms with Crippen molar-refractivity contribution in [3.8, 4) is 0 Å². The van der Waals surface area contributed by atoms with Crippen LogP contribution in [0, 0.1) is 11.2 Å². The Morgan fingerprint density at radius 3 is 2.30 bits per heavy atom. The van der Waals surface area contributed by atoms with Crippen LogP contribution < -0.4 is 11.1 Å². The second-order valence-electron chi connectivity index (χ2n) is 8.14. The average molecular weight is 525 g/mol. The second kappa shape index (κ2) is 8.21. The van der Waals surface area contributed by atoms with Crippen molar-refractivity contribution in [3.05, 3.63) is 62.3 Å². The van der Waals surface area contributed by atoms with Gasteiger partial charge in [-0.25, -0.2) is 4.39 Å². The van der Waals surface area contributed by atoms with Crippen LogP contribution in [0.4, 0.5) is 23.2 Å². The van der Waals surface area contributed by atoms with Gasteiger partial charge < -0.3 is 15.9 Å². The molecule has 1 aliphatic carbocycles. The number of nitrogens with two attached hydrogens (primary N) is 1. The monoisotopic (exact) mass is 523 g/mol. The molecule has 1 fully saturated rings. The van der Waals surface area contributed by atoms with Gasteiger partial charge in [0.25, 0.3) is 5.60 Å². The Bertz CT molecular complexity index is 1140. The standard InChI is InChI=1S/C21H16Cl3F4N3O2/c22-13-2-1-12(5-10(13)8-19(3-4-19)18(29)32)30-16-9-20(33-31-16,21(26,27)28)11-6-14(23)17(25)15(24)7-11/h1-2,5-7H,3-4,8-9H2,(H2,29,32)(H,30,31). The Morgan fingerprint density at radius 1 is 1.12 bits per heavy atom. The summed E-state index contributed by atoms with van der Waals surface area (Å²) >= 11 is 17.7. The maximum Gasteiger partial charge on any atom is 0.435 e. The number of anilines is 1. The molecule has 1 heterocycles. The van der Waals surface area contributed by atoms with E-state index >= 15 is 0 Å². The summed E-state index contributed by atoms with van der Waals surface area (Å²) in [6, 6.07) is 6.36. The maximum atomic E-state index is 14.1. The minimum Gasteiger partial charge on any atom is -0.372 e. The van der Waals surface area contributed by atoms with Crippen LogP contribution in [0.15, 0.2) is 35.5 Å². The lowest BCUT2D eigenvalue weighted by Gasteiger charge is -2.29. The largest absolute Gasteiger partial charge is 0.435 e. The van der Waals surface area contributed by atoms with Crippen molar-refractivity contribution in [3.63, 3.8) is 0 Å². The third-order valence-corrected chi connectivity index (χ3v) is 6.79. The number of benzene rings is 2. The van der Waals surface area contributed by atoms with Gasteiger partial charge in [0.1, 0.15) is 0 Å². The molecule has 1 aliphatic heterocycles. The molecule has 5 nitrogen and oxygen atoms in total. The van der Waals surface area contributed by atoms with E-state index in [0.29, 0.717) is 35.5 Å². The van der Waals surface area contributed by atoms with Gasteiger partial charge in [-0.15, -0.1) is 0 Å². The van der Waals surface area contributed by atoms with E-state index in [9.17, 15) is 22.4 Å². The molecule has 0 bridgehead atoms. The molecule has 0 saturated heterocycles. The number of oxime groups is 1. The van der Waals surface area contributed by atoms with Gasteiger partial charge in [-0.2, -0.15) is 13.2 Å². The molecular weight excluding hydrogens is 509 g/mol. The Morgan fingerprint density at radius 2 is 1.76 bits per heavy atom. The molecule has 2 aliphatic rings. The van der Waals surface area contributed by atoms with E-state index in [1.54, 1.807) is 18.2 Å². The van der Waals surface area contributed by atoms with E-state index < -0.39 is 50.9 Å². The third-order valence-electron chi connectivity index (χ3n) is 5.88. The quantitative estimate of drug-likeness (QED) is 0.361. The zero-order valence-corrected chi connectivity index (χ0v) is 19.0. The highest BCUT2D eigenvalue weighted by atomic mass is 35.5. The molecule has 4 rings (SSSR count). The Balaban J connectivity index is 1.59. The van der Waals surface area contributed by atoms with Crippen molar-refractivity contribution in [2.24, 2.45) is 16.3 Å². The molecule has 1 saturated carbocycles. The summed E-state index contributed by atoms with van der Waals surface area (Å²) in [6.07, 6.45) is -4.05. The van der Waals surface area contributed by atoms with Crippen LogP contribution >= 0.6 is 34.8 Å². The molecule has 0 radical (unpaired) electrons. The third kappa shape index (κ3) is 4.34. The maximum absolute atomic E-state index is 14.1. The van der Waals surface area contributed by atoms with Crippen molar-refractivity contribution < 1.29 is 27.2 Å². The number of amidine groups is 1. The van der Waals surface area contributed by atoms with Crippen molar-refractivity contribution in [1.29, 1.82) is 0 Å². The van der Waals surface area contributed by atoms with Crippen LogP contribution in [0.1, 0.15) is 30.4 Å². The fourth-order valence-electron chi connectivity index (χ4n) is 3.74. The van der Waals surface area contributed by atoms with Crippen molar-refractivity contribution in [1.82, 2.24) is 0 Å². The molecule has 0 spiro atoms. The van der Waals surface area contributed by atoms with Crippen LogP contribution in [0.5, 0.6) is 0 Å². The number of hydrogen-bond donors (Lipinski definition) is 2. The minimum absolute atomic E-state index is 0.131. The number of halogens is 7. The van der Waals surface area contributed by atoms with Gasteiger partial charge in [-0.1, -0.05) is 40.0 Å². The van der Waals surface area contributed by atoms with Crippen LogP contribution in [0.3, 0.4) is 0 Å². The van der Waals surface area contributed by atoms with E-state index in [2.05, 4.69) is 10.5 Å². The van der Waals surface area contributed by atoms with Crippen LogP contribution in [0.25, 0.3) is 0 Å². The average Bonchev–Trinajstić information content (AvgIpc) is 3.38. The van der Waals surface area contributed by atoms with Gasteiger partial charge in [0, 0.05) is 16.3 Å². The summed E-state index contributed by atoms with van der Waals surface area (Å²) in [5.41, 5.74) is 2.45. The number of alkyl halides is 3. The molecule has 0 aromatic heterocycles. The molecule has 176 valence electrons. The summed E-state index contributed by atoms with van der Waals surface area (Å²) in [5, 5.41) is 5.62. The van der Waals surface area contributed by atoms with E-state index in [4.69, 9.17) is 45.4 Å². The van der Waals surface area contributed by atoms with Crippen molar-refractivity contribution in [2.75, 3.05) is 5.32 Å². The molecule has 33 heavy (non-hydrogen) atoms. The van der Waals surface area contributed by atoms with Crippen molar-refractivity contribution >= 4 is 52.2 Å². The Labute approximate surface area is 200 Å². The lowest BCUT2D eigenvalue weighted by atomic mass is 9.89. The van der Waals surface area contributed by atoms with Gasteiger partial charge in [-0.3, -0.25) is 4.79 Å². The summed E-state index contributed by atoms with van der Waals surface area (Å²) < 4.78 is 56.0. The van der Waals surface area contributed by atoms with Crippen LogP contribution in [0.2, 0.25) is 15.1 Å². The number of carbonyl (C=O) groups is 1. The van der Waals surface area contributed by atoms with Gasteiger partial charge in [0.2, 0.25) is 5.91 Å². The van der Waals surface area contributed by atoms with Gasteiger partial charge >= 0.3 is 6.18 Å². The number of hydrogen-bond acceptors (Lipinski definition) is 4. The first-order chi connectivity index (χ1) is 15.4. The zero-order valence-electron chi connectivity index (χ0n) is 16.7. The number of primary amides is 1. The smallest absolute Gasteiger partial charge is 0.372 e. The molecule has 2 aromatic rings. The Hall–Kier alpha value is -2.23. The highest BCUT2D eigenvalue weighted by molar-refractivity contribution is 6.35. The normalized spacial score (nSPS) is 21.4. The summed E-state index contributed by atoms with van der Waals surface area (Å²) in [5.74, 6) is -1.58. The van der Waals surface area contributed by atoms with Gasteiger partial charge in [0.15, 0.2) is 11.7 Å². The molecular formula is C21H16Cl3F4N3O2. The first-order valence-electron chi connectivity index (χ1n) is 9.69. The molecule has 12 heteroatoms. The number of nitrogens with one attached hydrogen (secondary N) is 1. The second-order valence-corrected chi connectivity index (χ2v) is 9.36. The first-order valence-corrected chi connectivity index (χ1v) is 10.8. The van der Waals surface area contributed by atoms with E-state index in [-0.39, 0.29) is 5.84 Å². The Kier molecular flexibility index (Phi) is 5.95. The van der Waals surface area contributed by atoms with Crippen LogP contribution in [-0.4, -0.2) is 17.9 Å². The van der Waals surface area contributed by atoms with Crippen molar-refractivity contribution in [2.45, 2.75) is 37.5 Å². The van der Waals surface area contributed by atoms with E-state index in [1.165, 1.54) is 0 Å². The van der Waals surface area contributed by atoms with Gasteiger partial charge in [-0.05, 0) is 55.2 Å². The summed E-state index contributed by atoms with van der Waals surface area (Å²) in [4.78, 5) is 16.6. The molecule has 2 aromatic carbocycles. The minimum atomic E-state index is -4.92. The lowest BCUT2D eigenvalue weighted by Crippen LogP contribution is -2.43. The predicted molar refractivity (Wildman–Crippen MR) is 117 cm³/mol. The molecule has 1 amide bonds. The fraction of sp³-hybridized carbons (Fsp3) is 0.333. The molecule has 1 unspecified atom stereocenters. The van der Waals surface area contributed by atoms with Crippen LogP contribution in [-0.2, 0) is 21.7 Å².